The summed E-state index contributed by atoms with van der Waals surface area (Å²) in [4.78, 5) is 11.7. The first-order chi connectivity index (χ1) is 10.9. The molecule has 23 heavy (non-hydrogen) atoms. The highest BCUT2D eigenvalue weighted by Crippen LogP contribution is 2.16. The second-order valence-electron chi connectivity index (χ2n) is 6.96. The first-order valence-electron chi connectivity index (χ1n) is 9.66. The molecule has 1 unspecified atom stereocenters. The Morgan fingerprint density at radius 2 is 1.17 bits per heavy atom. The van der Waals surface area contributed by atoms with Gasteiger partial charge < -0.3 is 10.2 Å². The van der Waals surface area contributed by atoms with Crippen molar-refractivity contribution in [3.8, 4) is 0 Å². The van der Waals surface area contributed by atoms with E-state index < -0.39 is 11.8 Å². The SMILES string of the molecule is CCCCCCCCCCCCCCCC(=O)C(C)C(N)(O)O. The zero-order chi connectivity index (χ0) is 17.6. The summed E-state index contributed by atoms with van der Waals surface area (Å²) in [5.41, 5.74) is 5.11. The number of Topliss-reactive ketones (excluding diaryl/α,β-unsaturated/α-hetero) is 1. The van der Waals surface area contributed by atoms with Gasteiger partial charge in [-0.05, 0) is 13.3 Å². The number of rotatable bonds is 16. The van der Waals surface area contributed by atoms with Gasteiger partial charge in [0.05, 0.1) is 5.92 Å². The van der Waals surface area contributed by atoms with Gasteiger partial charge in [-0.15, -0.1) is 0 Å². The van der Waals surface area contributed by atoms with Crippen molar-refractivity contribution in [1.82, 2.24) is 0 Å². The van der Waals surface area contributed by atoms with Gasteiger partial charge in [0.1, 0.15) is 5.78 Å². The maximum absolute atomic E-state index is 11.7. The average Bonchev–Trinajstić information content (AvgIpc) is 2.50. The van der Waals surface area contributed by atoms with Crippen LogP contribution in [0.2, 0.25) is 0 Å². The summed E-state index contributed by atoms with van der Waals surface area (Å²) < 4.78 is 0. The number of carbonyl (C=O) groups is 1. The fourth-order valence-corrected chi connectivity index (χ4v) is 2.77. The summed E-state index contributed by atoms with van der Waals surface area (Å²) in [6, 6.07) is 0. The van der Waals surface area contributed by atoms with Crippen molar-refractivity contribution in [1.29, 1.82) is 0 Å². The Kier molecular flexibility index (Phi) is 13.7. The molecule has 0 fully saturated rings. The molecule has 4 N–H and O–H groups in total. The van der Waals surface area contributed by atoms with Crippen molar-refractivity contribution in [3.63, 3.8) is 0 Å². The van der Waals surface area contributed by atoms with E-state index in [9.17, 15) is 15.0 Å². The first-order valence-corrected chi connectivity index (χ1v) is 9.66. The van der Waals surface area contributed by atoms with Gasteiger partial charge in [0.2, 0.25) is 5.91 Å². The third-order valence-electron chi connectivity index (χ3n) is 4.65. The molecule has 0 aliphatic rings. The highest BCUT2D eigenvalue weighted by Gasteiger charge is 2.31. The van der Waals surface area contributed by atoms with Crippen LogP contribution in [0, 0.1) is 5.92 Å². The molecule has 0 bridgehead atoms. The van der Waals surface area contributed by atoms with Gasteiger partial charge in [0.15, 0.2) is 0 Å². The number of carbonyl (C=O) groups excluding carboxylic acids is 1. The van der Waals surface area contributed by atoms with Crippen LogP contribution in [0.3, 0.4) is 0 Å². The lowest BCUT2D eigenvalue weighted by molar-refractivity contribution is -0.193. The molecule has 0 aliphatic heterocycles. The Morgan fingerprint density at radius 1 is 0.826 bits per heavy atom. The van der Waals surface area contributed by atoms with Crippen LogP contribution < -0.4 is 5.73 Å². The van der Waals surface area contributed by atoms with Crippen molar-refractivity contribution >= 4 is 5.78 Å². The molecule has 138 valence electrons. The molecule has 0 rings (SSSR count). The van der Waals surface area contributed by atoms with Crippen molar-refractivity contribution in [2.24, 2.45) is 11.7 Å². The van der Waals surface area contributed by atoms with Gasteiger partial charge in [-0.3, -0.25) is 10.5 Å². The van der Waals surface area contributed by atoms with E-state index in [0.717, 1.165) is 19.3 Å². The Bertz CT molecular complexity index is 287. The van der Waals surface area contributed by atoms with E-state index in [1.54, 1.807) is 0 Å². The van der Waals surface area contributed by atoms with Crippen LogP contribution >= 0.6 is 0 Å². The standard InChI is InChI=1S/C19H39NO3/c1-3-4-5-6-7-8-9-10-11-12-13-14-15-16-18(21)17(2)19(20,22)23/h17,22-23H,3-16,20H2,1-2H3. The van der Waals surface area contributed by atoms with Crippen LogP contribution in [0.4, 0.5) is 0 Å². The fourth-order valence-electron chi connectivity index (χ4n) is 2.77. The molecule has 0 spiro atoms. The van der Waals surface area contributed by atoms with E-state index >= 15 is 0 Å². The van der Waals surface area contributed by atoms with E-state index in [4.69, 9.17) is 5.73 Å². The summed E-state index contributed by atoms with van der Waals surface area (Å²) in [5, 5.41) is 18.3. The van der Waals surface area contributed by atoms with Gasteiger partial charge in [0.25, 0.3) is 0 Å². The zero-order valence-electron chi connectivity index (χ0n) is 15.4. The zero-order valence-corrected chi connectivity index (χ0v) is 15.4. The van der Waals surface area contributed by atoms with E-state index in [1.807, 2.05) is 0 Å². The largest absolute Gasteiger partial charge is 0.353 e. The summed E-state index contributed by atoms with van der Waals surface area (Å²) in [7, 11) is 0. The molecule has 0 saturated carbocycles. The molecule has 0 saturated heterocycles. The van der Waals surface area contributed by atoms with E-state index in [1.165, 1.54) is 71.1 Å². The van der Waals surface area contributed by atoms with Crippen LogP contribution in [-0.2, 0) is 4.79 Å². The fraction of sp³-hybridized carbons (Fsp3) is 0.947. The highest BCUT2D eigenvalue weighted by molar-refractivity contribution is 5.81. The summed E-state index contributed by atoms with van der Waals surface area (Å²) in [5.74, 6) is -3.46. The van der Waals surface area contributed by atoms with Gasteiger partial charge in [-0.1, -0.05) is 84.0 Å². The molecular weight excluding hydrogens is 290 g/mol. The van der Waals surface area contributed by atoms with Crippen LogP contribution in [0.15, 0.2) is 0 Å². The van der Waals surface area contributed by atoms with Crippen molar-refractivity contribution in [2.45, 2.75) is 110 Å². The van der Waals surface area contributed by atoms with Gasteiger partial charge >= 0.3 is 0 Å². The van der Waals surface area contributed by atoms with Crippen LogP contribution in [0.1, 0.15) is 104 Å². The second-order valence-corrected chi connectivity index (χ2v) is 6.96. The Labute approximate surface area is 142 Å². The van der Waals surface area contributed by atoms with Gasteiger partial charge in [-0.2, -0.15) is 0 Å². The maximum Gasteiger partial charge on any atom is 0.229 e. The Hall–Kier alpha value is -0.450. The highest BCUT2D eigenvalue weighted by atomic mass is 16.5. The molecule has 4 heteroatoms. The summed E-state index contributed by atoms with van der Waals surface area (Å²) >= 11 is 0. The molecule has 0 aliphatic carbocycles. The smallest absolute Gasteiger partial charge is 0.229 e. The van der Waals surface area contributed by atoms with Crippen LogP contribution in [0.25, 0.3) is 0 Å². The normalized spacial score (nSPS) is 13.3. The Morgan fingerprint density at radius 3 is 1.52 bits per heavy atom. The molecule has 0 radical (unpaired) electrons. The third-order valence-corrected chi connectivity index (χ3v) is 4.65. The van der Waals surface area contributed by atoms with Gasteiger partial charge in [0, 0.05) is 6.42 Å². The van der Waals surface area contributed by atoms with Gasteiger partial charge in [-0.25, -0.2) is 0 Å². The van der Waals surface area contributed by atoms with E-state index in [2.05, 4.69) is 6.92 Å². The number of nitrogens with two attached hydrogens (primary N) is 1. The number of ketones is 1. The third kappa shape index (κ3) is 13.7. The topological polar surface area (TPSA) is 83.6 Å². The van der Waals surface area contributed by atoms with Crippen molar-refractivity contribution in [3.05, 3.63) is 0 Å². The monoisotopic (exact) mass is 329 g/mol. The molecular formula is C19H39NO3. The Balaban J connectivity index is 3.29. The average molecular weight is 330 g/mol. The minimum Gasteiger partial charge on any atom is -0.353 e. The summed E-state index contributed by atoms with van der Waals surface area (Å²) in [6.45, 7) is 3.71. The molecule has 0 aromatic heterocycles. The molecule has 4 nitrogen and oxygen atoms in total. The van der Waals surface area contributed by atoms with E-state index in [-0.39, 0.29) is 5.78 Å². The maximum atomic E-state index is 11.7. The number of hydrogen-bond acceptors (Lipinski definition) is 4. The number of unbranched alkanes of at least 4 members (excludes halogenated alkanes) is 12. The predicted molar refractivity (Wildman–Crippen MR) is 95.8 cm³/mol. The van der Waals surface area contributed by atoms with Crippen molar-refractivity contribution < 1.29 is 15.0 Å². The predicted octanol–water partition coefficient (Wildman–Crippen LogP) is 4.27. The van der Waals surface area contributed by atoms with Crippen LogP contribution in [-0.4, -0.2) is 21.9 Å². The number of hydrogen-bond donors (Lipinski definition) is 3. The molecule has 1 atom stereocenters. The second kappa shape index (κ2) is 13.9. The minimum atomic E-state index is -2.38. The molecule has 0 amide bonds. The number of aliphatic hydroxyl groups is 2. The molecule has 0 heterocycles. The first kappa shape index (κ1) is 22.6. The lowest BCUT2D eigenvalue weighted by Gasteiger charge is -2.22. The quantitative estimate of drug-likeness (QED) is 0.292. The van der Waals surface area contributed by atoms with E-state index in [0.29, 0.717) is 6.42 Å². The molecule has 0 aromatic carbocycles. The molecule has 0 aromatic rings. The lowest BCUT2D eigenvalue weighted by Crippen LogP contribution is -2.48. The van der Waals surface area contributed by atoms with Crippen LogP contribution in [0.5, 0.6) is 0 Å². The summed E-state index contributed by atoms with van der Waals surface area (Å²) in [6.07, 6.45) is 16.8. The minimum absolute atomic E-state index is 0.166. The van der Waals surface area contributed by atoms with Crippen molar-refractivity contribution in [2.75, 3.05) is 0 Å². The lowest BCUT2D eigenvalue weighted by atomic mass is 9.97.